The van der Waals surface area contributed by atoms with E-state index in [4.69, 9.17) is 32.7 Å². The van der Waals surface area contributed by atoms with Crippen LogP contribution in [0.1, 0.15) is 11.1 Å². The predicted molar refractivity (Wildman–Crippen MR) is 157 cm³/mol. The smallest absolute Gasteiger partial charge is 0.264 e. The van der Waals surface area contributed by atoms with Crippen molar-refractivity contribution in [3.8, 4) is 11.5 Å². The second-order valence-corrected chi connectivity index (χ2v) is 11.1. The zero-order valence-electron chi connectivity index (χ0n) is 21.3. The number of carbonyl (C=O) groups is 1. The average Bonchev–Trinajstić information content (AvgIpc) is 2.97. The molecular weight excluding hydrogens is 573 g/mol. The number of hydrogen-bond donors (Lipinski definition) is 1. The molecule has 0 unspecified atom stereocenters. The Balaban J connectivity index is 1.41. The highest BCUT2D eigenvalue weighted by Crippen LogP contribution is 2.26. The summed E-state index contributed by atoms with van der Waals surface area (Å²) < 4.78 is 38.8. The minimum atomic E-state index is -4.10. The number of sulfonamides is 1. The lowest BCUT2D eigenvalue weighted by molar-refractivity contribution is -0.119. The van der Waals surface area contributed by atoms with Crippen molar-refractivity contribution in [3.63, 3.8) is 0 Å². The molecule has 0 fully saturated rings. The third-order valence-electron chi connectivity index (χ3n) is 5.68. The molecule has 0 spiro atoms. The van der Waals surface area contributed by atoms with Crippen molar-refractivity contribution >= 4 is 51.0 Å². The first-order valence-corrected chi connectivity index (χ1v) is 14.2. The van der Waals surface area contributed by atoms with Crippen LogP contribution in [-0.4, -0.2) is 34.2 Å². The van der Waals surface area contributed by atoms with E-state index in [0.29, 0.717) is 33.7 Å². The second-order valence-electron chi connectivity index (χ2n) is 8.41. The number of nitrogens with one attached hydrogen (secondary N) is 1. The standard InChI is InChI=1S/C29H25Cl2N3O5S/c1-38-25-14-16-27(17-15-25)40(36,37)34(24-10-8-23(30)9-11-24)19-29(35)33-32-18-21-6-12-26(13-7-21)39-20-22-4-2-3-5-28(22)31/h2-18H,19-20H2,1H3,(H,33,35)/b32-18+. The number of carbonyl (C=O) groups excluding carboxylic acids is 1. The molecule has 11 heteroatoms. The van der Waals surface area contributed by atoms with Crippen LogP contribution in [0.2, 0.25) is 10.0 Å². The van der Waals surface area contributed by atoms with Gasteiger partial charge in [-0.2, -0.15) is 5.10 Å². The van der Waals surface area contributed by atoms with Gasteiger partial charge in [-0.1, -0.05) is 41.4 Å². The third-order valence-corrected chi connectivity index (χ3v) is 8.09. The van der Waals surface area contributed by atoms with E-state index in [1.807, 2.05) is 18.2 Å². The van der Waals surface area contributed by atoms with Gasteiger partial charge >= 0.3 is 0 Å². The zero-order valence-corrected chi connectivity index (χ0v) is 23.7. The minimum Gasteiger partial charge on any atom is -0.497 e. The average molecular weight is 599 g/mol. The van der Waals surface area contributed by atoms with Gasteiger partial charge in [0.05, 0.1) is 23.9 Å². The number of ether oxygens (including phenoxy) is 2. The second kappa shape index (κ2) is 13.3. The van der Waals surface area contributed by atoms with Crippen LogP contribution in [-0.2, 0) is 21.4 Å². The molecule has 206 valence electrons. The lowest BCUT2D eigenvalue weighted by atomic mass is 10.2. The van der Waals surface area contributed by atoms with Crippen molar-refractivity contribution in [2.75, 3.05) is 18.0 Å². The number of rotatable bonds is 11. The molecule has 8 nitrogen and oxygen atoms in total. The summed E-state index contributed by atoms with van der Waals surface area (Å²) in [4.78, 5) is 12.8. The number of hydrogen-bond acceptors (Lipinski definition) is 6. The molecule has 4 aromatic rings. The number of amides is 1. The van der Waals surface area contributed by atoms with Gasteiger partial charge in [0.25, 0.3) is 15.9 Å². The van der Waals surface area contributed by atoms with E-state index in [1.54, 1.807) is 42.5 Å². The van der Waals surface area contributed by atoms with Gasteiger partial charge in [0.1, 0.15) is 24.7 Å². The van der Waals surface area contributed by atoms with Crippen molar-refractivity contribution in [1.82, 2.24) is 5.43 Å². The van der Waals surface area contributed by atoms with E-state index in [-0.39, 0.29) is 10.6 Å². The Morgan fingerprint density at radius 1 is 0.900 bits per heavy atom. The maximum Gasteiger partial charge on any atom is 0.264 e. The van der Waals surface area contributed by atoms with Gasteiger partial charge < -0.3 is 9.47 Å². The molecule has 0 bridgehead atoms. The van der Waals surface area contributed by atoms with E-state index in [1.165, 1.54) is 49.7 Å². The number of methoxy groups -OCH3 is 1. The van der Waals surface area contributed by atoms with Gasteiger partial charge in [-0.05, 0) is 84.4 Å². The molecule has 0 aliphatic rings. The quantitative estimate of drug-likeness (QED) is 0.171. The summed E-state index contributed by atoms with van der Waals surface area (Å²) in [6.45, 7) is -0.186. The van der Waals surface area contributed by atoms with Gasteiger partial charge in [-0.15, -0.1) is 0 Å². The first-order chi connectivity index (χ1) is 19.3. The maximum absolute atomic E-state index is 13.5. The van der Waals surface area contributed by atoms with Crippen molar-refractivity contribution in [2.45, 2.75) is 11.5 Å². The van der Waals surface area contributed by atoms with E-state index in [0.717, 1.165) is 9.87 Å². The molecule has 4 rings (SSSR count). The van der Waals surface area contributed by atoms with Crippen molar-refractivity contribution in [3.05, 3.63) is 118 Å². The summed E-state index contributed by atoms with van der Waals surface area (Å²) in [7, 11) is -2.61. The highest BCUT2D eigenvalue weighted by molar-refractivity contribution is 7.92. The Kier molecular flexibility index (Phi) is 9.65. The number of hydrazone groups is 1. The molecule has 40 heavy (non-hydrogen) atoms. The number of benzene rings is 4. The van der Waals surface area contributed by atoms with Crippen LogP contribution in [0.5, 0.6) is 11.5 Å². The van der Waals surface area contributed by atoms with Gasteiger partial charge in [0, 0.05) is 15.6 Å². The van der Waals surface area contributed by atoms with Crippen LogP contribution in [0.4, 0.5) is 5.69 Å². The van der Waals surface area contributed by atoms with E-state index in [9.17, 15) is 13.2 Å². The normalized spacial score (nSPS) is 11.3. The summed E-state index contributed by atoms with van der Waals surface area (Å²) in [6.07, 6.45) is 1.44. The molecule has 0 saturated carbocycles. The predicted octanol–water partition coefficient (Wildman–Crippen LogP) is 5.93. The fourth-order valence-electron chi connectivity index (χ4n) is 3.57. The van der Waals surface area contributed by atoms with Crippen LogP contribution >= 0.6 is 23.2 Å². The molecule has 0 saturated heterocycles. The topological polar surface area (TPSA) is 97.3 Å². The van der Waals surface area contributed by atoms with Gasteiger partial charge in [0.2, 0.25) is 0 Å². The Morgan fingerprint density at radius 3 is 2.20 bits per heavy atom. The van der Waals surface area contributed by atoms with E-state index >= 15 is 0 Å². The molecule has 0 aliphatic heterocycles. The molecule has 0 heterocycles. The van der Waals surface area contributed by atoms with Gasteiger partial charge in [-0.25, -0.2) is 13.8 Å². The van der Waals surface area contributed by atoms with Gasteiger partial charge in [0.15, 0.2) is 0 Å². The Hall–Kier alpha value is -4.05. The van der Waals surface area contributed by atoms with Crippen molar-refractivity contribution < 1.29 is 22.7 Å². The van der Waals surface area contributed by atoms with Crippen LogP contribution in [0, 0.1) is 0 Å². The van der Waals surface area contributed by atoms with Crippen LogP contribution in [0.15, 0.2) is 107 Å². The maximum atomic E-state index is 13.5. The van der Waals surface area contributed by atoms with Crippen molar-refractivity contribution in [1.29, 1.82) is 0 Å². The lowest BCUT2D eigenvalue weighted by Gasteiger charge is -2.23. The Bertz CT molecular complexity index is 1580. The monoisotopic (exact) mass is 597 g/mol. The largest absolute Gasteiger partial charge is 0.497 e. The highest BCUT2D eigenvalue weighted by atomic mass is 35.5. The van der Waals surface area contributed by atoms with Crippen molar-refractivity contribution in [2.24, 2.45) is 5.10 Å². The molecule has 1 amide bonds. The van der Waals surface area contributed by atoms with Gasteiger partial charge in [-0.3, -0.25) is 9.10 Å². The highest BCUT2D eigenvalue weighted by Gasteiger charge is 2.27. The molecule has 0 radical (unpaired) electrons. The molecule has 0 aliphatic carbocycles. The SMILES string of the molecule is COc1ccc(S(=O)(=O)N(CC(=O)N/N=C/c2ccc(OCc3ccccc3Cl)cc2)c2ccc(Cl)cc2)cc1. The van der Waals surface area contributed by atoms with E-state index in [2.05, 4.69) is 10.5 Å². The Morgan fingerprint density at radius 2 is 1.55 bits per heavy atom. The molecule has 0 aromatic heterocycles. The number of nitrogens with zero attached hydrogens (tertiary/aromatic N) is 2. The van der Waals surface area contributed by atoms with Crippen LogP contribution < -0.4 is 19.2 Å². The zero-order chi connectivity index (χ0) is 28.5. The number of anilines is 1. The summed E-state index contributed by atoms with van der Waals surface area (Å²) in [5, 5.41) is 5.04. The lowest BCUT2D eigenvalue weighted by Crippen LogP contribution is -2.39. The third kappa shape index (κ3) is 7.53. The molecule has 0 atom stereocenters. The first kappa shape index (κ1) is 28.9. The van der Waals surface area contributed by atoms with Crippen LogP contribution in [0.25, 0.3) is 0 Å². The number of halogens is 2. The van der Waals surface area contributed by atoms with E-state index < -0.39 is 22.5 Å². The Labute approximate surface area is 242 Å². The molecule has 1 N–H and O–H groups in total. The fourth-order valence-corrected chi connectivity index (χ4v) is 5.31. The molecular formula is C29H25Cl2N3O5S. The van der Waals surface area contributed by atoms with Crippen LogP contribution in [0.3, 0.4) is 0 Å². The summed E-state index contributed by atoms with van der Waals surface area (Å²) in [5.74, 6) is 0.510. The minimum absolute atomic E-state index is 0.00334. The fraction of sp³-hybridized carbons (Fsp3) is 0.103. The summed E-state index contributed by atoms with van der Waals surface area (Å²) in [5.41, 5.74) is 4.23. The molecule has 4 aromatic carbocycles. The summed E-state index contributed by atoms with van der Waals surface area (Å²) >= 11 is 12.1. The first-order valence-electron chi connectivity index (χ1n) is 12.0. The summed E-state index contributed by atoms with van der Waals surface area (Å²) in [6, 6.07) is 26.5.